The number of thioether (sulfide) groups is 1. The monoisotopic (exact) mass is 408 g/mol. The molecule has 142 valence electrons. The predicted molar refractivity (Wildman–Crippen MR) is 115 cm³/mol. The van der Waals surface area contributed by atoms with Crippen molar-refractivity contribution in [1.29, 1.82) is 0 Å². The van der Waals surface area contributed by atoms with E-state index in [1.54, 1.807) is 33.7 Å². The predicted octanol–water partition coefficient (Wildman–Crippen LogP) is 4.46. The van der Waals surface area contributed by atoms with Gasteiger partial charge in [0.15, 0.2) is 5.16 Å². The SMILES string of the molecule is C=CCn1c(SCc2cn3ccccc3n2)nc2sc3c(c2c1=O)CCCC3. The molecular formula is C21H20N4OS2. The van der Waals surface area contributed by atoms with Gasteiger partial charge in [-0.15, -0.1) is 17.9 Å². The van der Waals surface area contributed by atoms with Gasteiger partial charge in [0.25, 0.3) is 5.56 Å². The highest BCUT2D eigenvalue weighted by Gasteiger charge is 2.22. The number of pyridine rings is 1. The number of thiophene rings is 1. The summed E-state index contributed by atoms with van der Waals surface area (Å²) in [6, 6.07) is 5.96. The summed E-state index contributed by atoms with van der Waals surface area (Å²) in [6.45, 7) is 4.30. The van der Waals surface area contributed by atoms with Crippen LogP contribution in [0.25, 0.3) is 15.9 Å². The molecule has 4 aromatic heterocycles. The van der Waals surface area contributed by atoms with Crippen LogP contribution in [0.5, 0.6) is 0 Å². The van der Waals surface area contributed by atoms with E-state index in [-0.39, 0.29) is 5.56 Å². The number of fused-ring (bicyclic) bond motifs is 4. The van der Waals surface area contributed by atoms with Crippen LogP contribution < -0.4 is 5.56 Å². The fraction of sp³-hybridized carbons (Fsp3) is 0.286. The van der Waals surface area contributed by atoms with Crippen molar-refractivity contribution in [1.82, 2.24) is 18.9 Å². The van der Waals surface area contributed by atoms with Crippen LogP contribution in [0, 0.1) is 0 Å². The smallest absolute Gasteiger partial charge is 0.263 e. The molecule has 7 heteroatoms. The molecular weight excluding hydrogens is 388 g/mol. The van der Waals surface area contributed by atoms with Crippen LogP contribution in [0.15, 0.2) is 53.2 Å². The molecule has 5 rings (SSSR count). The fourth-order valence-electron chi connectivity index (χ4n) is 3.82. The van der Waals surface area contributed by atoms with Gasteiger partial charge < -0.3 is 4.40 Å². The number of aromatic nitrogens is 4. The molecule has 0 radical (unpaired) electrons. The van der Waals surface area contributed by atoms with E-state index in [4.69, 9.17) is 4.98 Å². The van der Waals surface area contributed by atoms with Crippen molar-refractivity contribution in [3.63, 3.8) is 0 Å². The summed E-state index contributed by atoms with van der Waals surface area (Å²) in [7, 11) is 0. The van der Waals surface area contributed by atoms with Crippen LogP contribution >= 0.6 is 23.1 Å². The van der Waals surface area contributed by atoms with Gasteiger partial charge in [0.1, 0.15) is 10.5 Å². The van der Waals surface area contributed by atoms with Crippen LogP contribution in [-0.4, -0.2) is 18.9 Å². The van der Waals surface area contributed by atoms with Gasteiger partial charge in [-0.05, 0) is 43.4 Å². The second-order valence-electron chi connectivity index (χ2n) is 6.98. The Hall–Kier alpha value is -2.38. The number of aryl methyl sites for hydroxylation is 2. The van der Waals surface area contributed by atoms with Gasteiger partial charge >= 0.3 is 0 Å². The summed E-state index contributed by atoms with van der Waals surface area (Å²) in [6.07, 6.45) is 10.2. The topological polar surface area (TPSA) is 52.2 Å². The van der Waals surface area contributed by atoms with E-state index >= 15 is 0 Å². The second kappa shape index (κ2) is 7.22. The molecule has 0 unspecified atom stereocenters. The molecule has 1 aliphatic carbocycles. The van der Waals surface area contributed by atoms with E-state index in [0.717, 1.165) is 46.0 Å². The van der Waals surface area contributed by atoms with Crippen molar-refractivity contribution < 1.29 is 0 Å². The minimum atomic E-state index is 0.0711. The molecule has 0 aromatic carbocycles. The van der Waals surface area contributed by atoms with Crippen LogP contribution in [0.1, 0.15) is 29.0 Å². The minimum Gasteiger partial charge on any atom is -0.307 e. The molecule has 0 bridgehead atoms. The first-order valence-corrected chi connectivity index (χ1v) is 11.3. The third kappa shape index (κ3) is 2.99. The van der Waals surface area contributed by atoms with Crippen LogP contribution in [-0.2, 0) is 25.1 Å². The van der Waals surface area contributed by atoms with Gasteiger partial charge in [-0.1, -0.05) is 23.9 Å². The molecule has 28 heavy (non-hydrogen) atoms. The first-order valence-electron chi connectivity index (χ1n) is 9.46. The fourth-order valence-corrected chi connectivity index (χ4v) is 6.01. The van der Waals surface area contributed by atoms with E-state index < -0.39 is 0 Å². The first kappa shape index (κ1) is 17.7. The molecule has 4 aromatic rings. The minimum absolute atomic E-state index is 0.0711. The van der Waals surface area contributed by atoms with Crippen molar-refractivity contribution in [2.75, 3.05) is 0 Å². The zero-order valence-electron chi connectivity index (χ0n) is 15.4. The van der Waals surface area contributed by atoms with Crippen LogP contribution in [0.2, 0.25) is 0 Å². The van der Waals surface area contributed by atoms with Crippen molar-refractivity contribution >= 4 is 39.0 Å². The lowest BCUT2D eigenvalue weighted by molar-refractivity contribution is 0.668. The van der Waals surface area contributed by atoms with Crippen molar-refractivity contribution in [2.24, 2.45) is 0 Å². The maximum Gasteiger partial charge on any atom is 0.263 e. The Balaban J connectivity index is 1.54. The number of hydrogen-bond donors (Lipinski definition) is 0. The van der Waals surface area contributed by atoms with E-state index in [9.17, 15) is 4.79 Å². The average Bonchev–Trinajstić information content (AvgIpc) is 3.29. The Morgan fingerprint density at radius 3 is 3.00 bits per heavy atom. The lowest BCUT2D eigenvalue weighted by Crippen LogP contribution is -2.23. The Bertz CT molecular complexity index is 1220. The molecule has 0 spiro atoms. The number of hydrogen-bond acceptors (Lipinski definition) is 5. The lowest BCUT2D eigenvalue weighted by atomic mass is 9.97. The molecule has 0 fully saturated rings. The largest absolute Gasteiger partial charge is 0.307 e. The Morgan fingerprint density at radius 1 is 1.25 bits per heavy atom. The van der Waals surface area contributed by atoms with Gasteiger partial charge in [-0.2, -0.15) is 0 Å². The second-order valence-corrected chi connectivity index (χ2v) is 9.00. The molecule has 4 heterocycles. The van der Waals surface area contributed by atoms with E-state index in [0.29, 0.717) is 12.3 Å². The molecule has 0 atom stereocenters. The van der Waals surface area contributed by atoms with E-state index in [1.165, 1.54) is 16.9 Å². The van der Waals surface area contributed by atoms with Crippen molar-refractivity contribution in [3.05, 3.63) is 69.7 Å². The number of nitrogens with zero attached hydrogens (tertiary/aromatic N) is 4. The number of imidazole rings is 1. The summed E-state index contributed by atoms with van der Waals surface area (Å²) in [5.41, 5.74) is 3.21. The van der Waals surface area contributed by atoms with Crippen molar-refractivity contribution in [3.8, 4) is 0 Å². The summed E-state index contributed by atoms with van der Waals surface area (Å²) in [5.74, 6) is 0.669. The summed E-state index contributed by atoms with van der Waals surface area (Å²) in [5, 5.41) is 1.58. The van der Waals surface area contributed by atoms with Gasteiger partial charge in [-0.25, -0.2) is 9.97 Å². The summed E-state index contributed by atoms with van der Waals surface area (Å²) in [4.78, 5) is 25.0. The number of rotatable bonds is 5. The summed E-state index contributed by atoms with van der Waals surface area (Å²) < 4.78 is 3.77. The van der Waals surface area contributed by atoms with Crippen LogP contribution in [0.3, 0.4) is 0 Å². The van der Waals surface area contributed by atoms with Gasteiger partial charge in [0.05, 0.1) is 11.1 Å². The highest BCUT2D eigenvalue weighted by atomic mass is 32.2. The Labute approximate surface area is 170 Å². The van der Waals surface area contributed by atoms with Crippen molar-refractivity contribution in [2.45, 2.75) is 43.1 Å². The van der Waals surface area contributed by atoms with E-state index in [2.05, 4.69) is 11.6 Å². The molecule has 0 saturated carbocycles. The maximum absolute atomic E-state index is 13.3. The Morgan fingerprint density at radius 2 is 2.14 bits per heavy atom. The third-order valence-electron chi connectivity index (χ3n) is 5.11. The number of allylic oxidation sites excluding steroid dienone is 1. The standard InChI is InChI=1S/C21H20N4OS2/c1-2-10-25-20(26)18-15-7-3-4-8-16(15)28-19(18)23-21(25)27-13-14-12-24-11-6-5-9-17(24)22-14/h2,5-6,9,11-12H,1,3-4,7-8,10,13H2. The molecule has 5 nitrogen and oxygen atoms in total. The maximum atomic E-state index is 13.3. The molecule has 0 saturated heterocycles. The van der Waals surface area contributed by atoms with Gasteiger partial charge in [0, 0.05) is 29.6 Å². The average molecular weight is 409 g/mol. The highest BCUT2D eigenvalue weighted by molar-refractivity contribution is 7.98. The third-order valence-corrected chi connectivity index (χ3v) is 7.31. The van der Waals surface area contributed by atoms with Gasteiger partial charge in [0.2, 0.25) is 0 Å². The zero-order valence-corrected chi connectivity index (χ0v) is 17.1. The Kier molecular flexibility index (Phi) is 4.56. The summed E-state index contributed by atoms with van der Waals surface area (Å²) >= 11 is 3.26. The quantitative estimate of drug-likeness (QED) is 0.278. The molecule has 0 amide bonds. The van der Waals surface area contributed by atoms with Crippen LogP contribution in [0.4, 0.5) is 0 Å². The molecule has 1 aliphatic rings. The molecule has 0 N–H and O–H groups in total. The highest BCUT2D eigenvalue weighted by Crippen LogP contribution is 2.35. The lowest BCUT2D eigenvalue weighted by Gasteiger charge is -2.12. The molecule has 0 aliphatic heterocycles. The van der Waals surface area contributed by atoms with Gasteiger partial charge in [-0.3, -0.25) is 9.36 Å². The van der Waals surface area contributed by atoms with E-state index in [1.807, 2.05) is 35.0 Å². The first-order chi connectivity index (χ1) is 13.7. The zero-order chi connectivity index (χ0) is 19.1. The normalized spacial score (nSPS) is 13.9.